The number of fused-ring (bicyclic) bond motifs is 1. The fourth-order valence-electron chi connectivity index (χ4n) is 4.15. The molecule has 1 atom stereocenters. The number of hydrogen-bond donors (Lipinski definition) is 3. The molecule has 2 heterocycles. The number of imide groups is 1. The summed E-state index contributed by atoms with van der Waals surface area (Å²) in [6.07, 6.45) is -0.631. The number of amides is 4. The van der Waals surface area contributed by atoms with Gasteiger partial charge in [0.15, 0.2) is 0 Å². The number of nitrogens with one attached hydrogen (secondary N) is 2. The molecule has 0 aromatic heterocycles. The van der Waals surface area contributed by atoms with Gasteiger partial charge in [0, 0.05) is 55.5 Å². The lowest BCUT2D eigenvalue weighted by Gasteiger charge is -2.29. The number of halogens is 1. The molecule has 2 aliphatic heterocycles. The van der Waals surface area contributed by atoms with E-state index in [1.54, 1.807) is 24.3 Å². The number of benzene rings is 2. The van der Waals surface area contributed by atoms with Gasteiger partial charge in [-0.3, -0.25) is 19.7 Å². The van der Waals surface area contributed by atoms with Gasteiger partial charge in [-0.15, -0.1) is 0 Å². The van der Waals surface area contributed by atoms with Gasteiger partial charge < -0.3 is 20.2 Å². The minimum atomic E-state index is -1.08. The Bertz CT molecular complexity index is 1150. The highest BCUT2D eigenvalue weighted by Gasteiger charge is 2.39. The molecule has 9 nitrogen and oxygen atoms in total. The van der Waals surface area contributed by atoms with Crippen molar-refractivity contribution in [2.45, 2.75) is 38.5 Å². The maximum Gasteiger partial charge on any atom is 0.407 e. The minimum Gasteiger partial charge on any atom is -0.465 e. The fourth-order valence-corrected chi connectivity index (χ4v) is 4.15. The first-order chi connectivity index (χ1) is 15.7. The maximum absolute atomic E-state index is 14.4. The van der Waals surface area contributed by atoms with Crippen LogP contribution in [0.2, 0.25) is 0 Å². The van der Waals surface area contributed by atoms with E-state index in [4.69, 9.17) is 5.11 Å². The highest BCUT2D eigenvalue weighted by molar-refractivity contribution is 6.06. The number of carboxylic acid groups (broad SMARTS) is 1. The number of rotatable bonds is 6. The molecule has 0 aliphatic carbocycles. The third-order valence-electron chi connectivity index (χ3n) is 5.91. The van der Waals surface area contributed by atoms with Crippen molar-refractivity contribution >= 4 is 29.5 Å². The fraction of sp³-hybridized carbons (Fsp3) is 0.304. The topological polar surface area (TPSA) is 119 Å². The van der Waals surface area contributed by atoms with E-state index in [-0.39, 0.29) is 44.3 Å². The Morgan fingerprint density at radius 3 is 2.79 bits per heavy atom. The van der Waals surface area contributed by atoms with Crippen LogP contribution in [-0.4, -0.2) is 51.8 Å². The number of carbonyl (C=O) groups excluding carboxylic acids is 3. The highest BCUT2D eigenvalue weighted by atomic mass is 19.1. The van der Waals surface area contributed by atoms with Gasteiger partial charge >= 0.3 is 6.09 Å². The molecule has 33 heavy (non-hydrogen) atoms. The monoisotopic (exact) mass is 454 g/mol. The average molecular weight is 454 g/mol. The van der Waals surface area contributed by atoms with Crippen molar-refractivity contribution in [3.05, 3.63) is 64.5 Å². The largest absolute Gasteiger partial charge is 0.465 e. The van der Waals surface area contributed by atoms with E-state index in [9.17, 15) is 23.6 Å². The van der Waals surface area contributed by atoms with Crippen LogP contribution in [0.4, 0.5) is 14.9 Å². The lowest BCUT2D eigenvalue weighted by Crippen LogP contribution is -2.52. The van der Waals surface area contributed by atoms with Crippen LogP contribution in [0.5, 0.6) is 0 Å². The Morgan fingerprint density at radius 2 is 2.06 bits per heavy atom. The molecule has 3 N–H and O–H groups in total. The Balaban J connectivity index is 1.50. The number of carbonyl (C=O) groups is 4. The van der Waals surface area contributed by atoms with Crippen LogP contribution < -0.4 is 10.6 Å². The van der Waals surface area contributed by atoms with Crippen molar-refractivity contribution in [3.63, 3.8) is 0 Å². The number of hydrogen-bond acceptors (Lipinski definition) is 5. The summed E-state index contributed by atoms with van der Waals surface area (Å²) < 4.78 is 14.4. The average Bonchev–Trinajstić information content (AvgIpc) is 3.11. The van der Waals surface area contributed by atoms with Gasteiger partial charge in [-0.2, -0.15) is 0 Å². The van der Waals surface area contributed by atoms with E-state index in [0.717, 1.165) is 4.90 Å². The molecule has 10 heteroatoms. The van der Waals surface area contributed by atoms with Crippen LogP contribution in [0.3, 0.4) is 0 Å². The first-order valence-electron chi connectivity index (χ1n) is 10.5. The second kappa shape index (κ2) is 8.89. The molecule has 0 bridgehead atoms. The molecular weight excluding hydrogens is 431 g/mol. The van der Waals surface area contributed by atoms with Crippen molar-refractivity contribution in [1.29, 1.82) is 0 Å². The van der Waals surface area contributed by atoms with E-state index >= 15 is 0 Å². The molecule has 0 saturated carbocycles. The van der Waals surface area contributed by atoms with Crippen LogP contribution in [0.15, 0.2) is 36.4 Å². The van der Waals surface area contributed by atoms with Crippen LogP contribution in [-0.2, 0) is 29.2 Å². The van der Waals surface area contributed by atoms with Gasteiger partial charge in [0.25, 0.3) is 5.91 Å². The molecule has 0 spiro atoms. The second-order valence-electron chi connectivity index (χ2n) is 8.15. The summed E-state index contributed by atoms with van der Waals surface area (Å²) in [6, 6.07) is 8.89. The third kappa shape index (κ3) is 4.50. The zero-order valence-corrected chi connectivity index (χ0v) is 17.9. The summed E-state index contributed by atoms with van der Waals surface area (Å²) in [5.41, 5.74) is 2.81. The standard InChI is InChI=1S/C23H23FN4O5/c1-27(23(32)33)11-13-5-6-17(24)14(9-13)10-25-18-4-2-3-15-16(18)12-28(22(15)31)19-7-8-20(29)26-21(19)30/h2-6,9,19,25H,7-8,10-12H2,1H3,(H,32,33)(H,26,29,30). The number of piperidine rings is 1. The first-order valence-corrected chi connectivity index (χ1v) is 10.5. The SMILES string of the molecule is CN(Cc1ccc(F)c(CNc2cccc3c2CN(C2CCC(=O)NC2=O)C3=O)c1)C(=O)O. The smallest absolute Gasteiger partial charge is 0.407 e. The van der Waals surface area contributed by atoms with Crippen LogP contribution in [0, 0.1) is 5.82 Å². The van der Waals surface area contributed by atoms with Crippen LogP contribution in [0.1, 0.15) is 39.9 Å². The van der Waals surface area contributed by atoms with E-state index in [2.05, 4.69) is 10.6 Å². The Kier molecular flexibility index (Phi) is 5.99. The zero-order chi connectivity index (χ0) is 23.7. The van der Waals surface area contributed by atoms with Gasteiger partial charge in [0.1, 0.15) is 11.9 Å². The van der Waals surface area contributed by atoms with Crippen LogP contribution >= 0.6 is 0 Å². The summed E-state index contributed by atoms with van der Waals surface area (Å²) in [5, 5.41) is 14.5. The summed E-state index contributed by atoms with van der Waals surface area (Å²) in [5.74, 6) is -1.54. The lowest BCUT2D eigenvalue weighted by molar-refractivity contribution is -0.136. The molecule has 2 aromatic carbocycles. The van der Waals surface area contributed by atoms with Crippen molar-refractivity contribution in [2.75, 3.05) is 12.4 Å². The van der Waals surface area contributed by atoms with Gasteiger partial charge in [-0.05, 0) is 36.2 Å². The second-order valence-corrected chi connectivity index (χ2v) is 8.15. The number of nitrogens with zero attached hydrogens (tertiary/aromatic N) is 2. The van der Waals surface area contributed by atoms with Gasteiger partial charge in [0.2, 0.25) is 11.8 Å². The third-order valence-corrected chi connectivity index (χ3v) is 5.91. The maximum atomic E-state index is 14.4. The molecule has 1 fully saturated rings. The Morgan fingerprint density at radius 1 is 1.27 bits per heavy atom. The van der Waals surface area contributed by atoms with Gasteiger partial charge in [-0.1, -0.05) is 12.1 Å². The summed E-state index contributed by atoms with van der Waals surface area (Å²) in [4.78, 5) is 50.2. The lowest BCUT2D eigenvalue weighted by atomic mass is 10.0. The summed E-state index contributed by atoms with van der Waals surface area (Å²) >= 11 is 0. The molecule has 4 rings (SSSR count). The molecule has 172 valence electrons. The quantitative estimate of drug-likeness (QED) is 0.577. The first kappa shape index (κ1) is 22.3. The number of anilines is 1. The summed E-state index contributed by atoms with van der Waals surface area (Å²) in [6.45, 7) is 0.452. The van der Waals surface area contributed by atoms with Gasteiger partial charge in [0.05, 0.1) is 0 Å². The van der Waals surface area contributed by atoms with Crippen molar-refractivity contribution in [2.24, 2.45) is 0 Å². The normalized spacial score (nSPS) is 17.6. The minimum absolute atomic E-state index is 0.124. The molecule has 2 aliphatic rings. The molecule has 1 saturated heterocycles. The Hall–Kier alpha value is -3.95. The predicted octanol–water partition coefficient (Wildman–Crippen LogP) is 2.31. The van der Waals surface area contributed by atoms with Crippen molar-refractivity contribution in [3.8, 4) is 0 Å². The zero-order valence-electron chi connectivity index (χ0n) is 17.9. The van der Waals surface area contributed by atoms with E-state index in [1.807, 2.05) is 0 Å². The predicted molar refractivity (Wildman–Crippen MR) is 116 cm³/mol. The van der Waals surface area contributed by atoms with E-state index in [0.29, 0.717) is 27.9 Å². The Labute approximate surface area is 189 Å². The summed E-state index contributed by atoms with van der Waals surface area (Å²) in [7, 11) is 1.43. The highest BCUT2D eigenvalue weighted by Crippen LogP contribution is 2.32. The van der Waals surface area contributed by atoms with Gasteiger partial charge in [-0.25, -0.2) is 9.18 Å². The molecule has 0 radical (unpaired) electrons. The molecular formula is C23H23FN4O5. The molecule has 1 unspecified atom stereocenters. The van der Waals surface area contributed by atoms with E-state index < -0.39 is 23.9 Å². The molecule has 2 aromatic rings. The van der Waals surface area contributed by atoms with Crippen LogP contribution in [0.25, 0.3) is 0 Å². The van der Waals surface area contributed by atoms with E-state index in [1.165, 1.54) is 24.1 Å². The van der Waals surface area contributed by atoms with Crippen molar-refractivity contribution in [1.82, 2.24) is 15.1 Å². The van der Waals surface area contributed by atoms with Crippen molar-refractivity contribution < 1.29 is 28.7 Å². The molecule has 4 amide bonds.